The Hall–Kier alpha value is -3.35. The minimum Gasteiger partial charge on any atom is -0.467 e. The van der Waals surface area contributed by atoms with Gasteiger partial charge in [-0.15, -0.1) is 0 Å². The fourth-order valence-corrected chi connectivity index (χ4v) is 2.14. The van der Waals surface area contributed by atoms with Crippen LogP contribution in [-0.2, 0) is 16.1 Å². The molecule has 0 bridgehead atoms. The van der Waals surface area contributed by atoms with Gasteiger partial charge in [0, 0.05) is 5.56 Å². The highest BCUT2D eigenvalue weighted by molar-refractivity contribution is 5.90. The van der Waals surface area contributed by atoms with Gasteiger partial charge in [-0.05, 0) is 31.2 Å². The molecule has 3 aromatic rings. The zero-order valence-corrected chi connectivity index (χ0v) is 13.5. The number of furan rings is 1. The molecule has 0 aliphatic carbocycles. The quantitative estimate of drug-likeness (QED) is 0.693. The van der Waals surface area contributed by atoms with Crippen molar-refractivity contribution in [2.75, 3.05) is 6.61 Å². The molecule has 3 rings (SSSR count). The number of aromatic nitrogens is 1. The highest BCUT2D eigenvalue weighted by atomic mass is 16.5. The van der Waals surface area contributed by atoms with Crippen LogP contribution in [0.3, 0.4) is 0 Å². The number of hydrogen-bond acceptors (Lipinski definition) is 6. The van der Waals surface area contributed by atoms with Gasteiger partial charge >= 0.3 is 5.97 Å². The first-order chi connectivity index (χ1) is 12.1. The van der Waals surface area contributed by atoms with Gasteiger partial charge < -0.3 is 18.9 Å². The molecule has 7 nitrogen and oxygen atoms in total. The minimum absolute atomic E-state index is 0.0534. The third-order valence-corrected chi connectivity index (χ3v) is 3.38. The van der Waals surface area contributed by atoms with Crippen LogP contribution >= 0.6 is 0 Å². The van der Waals surface area contributed by atoms with Crippen LogP contribution in [0.1, 0.15) is 22.0 Å². The maximum Gasteiger partial charge on any atom is 0.361 e. The van der Waals surface area contributed by atoms with Crippen LogP contribution in [0.5, 0.6) is 0 Å². The standard InChI is InChI=1S/C18H16N2O5/c1-12-16(20-17(25-12)13-6-3-2-4-7-13)18(22)24-11-15(21)19-10-14-8-5-9-23-14/h2-9H,10-11H2,1H3,(H,19,21). The molecule has 0 radical (unpaired) electrons. The molecule has 0 saturated heterocycles. The van der Waals surface area contributed by atoms with E-state index < -0.39 is 18.5 Å². The molecule has 1 amide bonds. The van der Waals surface area contributed by atoms with Gasteiger partial charge in [0.1, 0.15) is 11.5 Å². The number of carbonyl (C=O) groups excluding carboxylic acids is 2. The van der Waals surface area contributed by atoms with Crippen LogP contribution in [-0.4, -0.2) is 23.5 Å². The molecule has 1 N–H and O–H groups in total. The highest BCUT2D eigenvalue weighted by Crippen LogP contribution is 2.21. The fraction of sp³-hybridized carbons (Fsp3) is 0.167. The van der Waals surface area contributed by atoms with Crippen molar-refractivity contribution in [2.24, 2.45) is 0 Å². The minimum atomic E-state index is -0.712. The molecule has 0 fully saturated rings. The van der Waals surface area contributed by atoms with Crippen molar-refractivity contribution in [2.45, 2.75) is 13.5 Å². The van der Waals surface area contributed by atoms with Gasteiger partial charge in [-0.2, -0.15) is 0 Å². The molecule has 25 heavy (non-hydrogen) atoms. The number of ether oxygens (including phenoxy) is 1. The Bertz CT molecular complexity index is 853. The number of amides is 1. The summed E-state index contributed by atoms with van der Waals surface area (Å²) in [4.78, 5) is 28.0. The fourth-order valence-electron chi connectivity index (χ4n) is 2.14. The van der Waals surface area contributed by atoms with Crippen molar-refractivity contribution in [3.8, 4) is 11.5 Å². The molecule has 0 atom stereocenters. The average molecular weight is 340 g/mol. The summed E-state index contributed by atoms with van der Waals surface area (Å²) in [5.74, 6) is 0.123. The van der Waals surface area contributed by atoms with Crippen LogP contribution in [0.4, 0.5) is 0 Å². The number of nitrogens with one attached hydrogen (secondary N) is 1. The normalized spacial score (nSPS) is 10.4. The van der Waals surface area contributed by atoms with E-state index in [1.165, 1.54) is 6.26 Å². The van der Waals surface area contributed by atoms with Crippen molar-refractivity contribution >= 4 is 11.9 Å². The third-order valence-electron chi connectivity index (χ3n) is 3.38. The number of hydrogen-bond donors (Lipinski definition) is 1. The Morgan fingerprint density at radius 3 is 2.68 bits per heavy atom. The second kappa shape index (κ2) is 7.48. The maximum atomic E-state index is 12.1. The van der Waals surface area contributed by atoms with Crippen LogP contribution < -0.4 is 5.32 Å². The summed E-state index contributed by atoms with van der Waals surface area (Å²) in [6.45, 7) is 1.43. The molecule has 7 heteroatoms. The molecule has 2 heterocycles. The van der Waals surface area contributed by atoms with Gasteiger partial charge in [0.15, 0.2) is 12.3 Å². The van der Waals surface area contributed by atoms with Crippen molar-refractivity contribution in [3.63, 3.8) is 0 Å². The summed E-state index contributed by atoms with van der Waals surface area (Å²) in [6, 6.07) is 12.7. The van der Waals surface area contributed by atoms with E-state index >= 15 is 0 Å². The zero-order chi connectivity index (χ0) is 17.6. The Morgan fingerprint density at radius 1 is 1.16 bits per heavy atom. The van der Waals surface area contributed by atoms with Crippen molar-refractivity contribution in [3.05, 3.63) is 65.9 Å². The third kappa shape index (κ3) is 4.14. The topological polar surface area (TPSA) is 94.6 Å². The molecule has 0 aliphatic heterocycles. The Kier molecular flexibility index (Phi) is 4.94. The summed E-state index contributed by atoms with van der Waals surface area (Å²) in [7, 11) is 0. The molecule has 2 aromatic heterocycles. The monoisotopic (exact) mass is 340 g/mol. The lowest BCUT2D eigenvalue weighted by atomic mass is 10.2. The Balaban J connectivity index is 1.56. The molecular weight excluding hydrogens is 324 g/mol. The van der Waals surface area contributed by atoms with Gasteiger partial charge in [-0.25, -0.2) is 9.78 Å². The lowest BCUT2D eigenvalue weighted by Crippen LogP contribution is -2.28. The van der Waals surface area contributed by atoms with Gasteiger partial charge in [-0.3, -0.25) is 4.79 Å². The van der Waals surface area contributed by atoms with E-state index in [1.807, 2.05) is 30.3 Å². The number of carbonyl (C=O) groups is 2. The van der Waals surface area contributed by atoms with E-state index in [9.17, 15) is 9.59 Å². The summed E-state index contributed by atoms with van der Waals surface area (Å²) in [5, 5.41) is 2.58. The molecule has 0 aliphatic rings. The summed E-state index contributed by atoms with van der Waals surface area (Å²) >= 11 is 0. The first-order valence-electron chi connectivity index (χ1n) is 7.62. The number of aryl methyl sites for hydroxylation is 1. The average Bonchev–Trinajstić information content (AvgIpc) is 3.28. The number of benzene rings is 1. The summed E-state index contributed by atoms with van der Waals surface area (Å²) < 4.78 is 15.6. The van der Waals surface area contributed by atoms with E-state index in [0.717, 1.165) is 5.56 Å². The zero-order valence-electron chi connectivity index (χ0n) is 13.5. The van der Waals surface area contributed by atoms with Crippen molar-refractivity contribution < 1.29 is 23.2 Å². The number of rotatable bonds is 6. The lowest BCUT2D eigenvalue weighted by molar-refractivity contribution is -0.124. The Labute approximate surface area is 143 Å². The lowest BCUT2D eigenvalue weighted by Gasteiger charge is -2.04. The van der Waals surface area contributed by atoms with Crippen LogP contribution in [0.25, 0.3) is 11.5 Å². The first kappa shape index (κ1) is 16.5. The van der Waals surface area contributed by atoms with Gasteiger partial charge in [-0.1, -0.05) is 18.2 Å². The van der Waals surface area contributed by atoms with Gasteiger partial charge in [0.2, 0.25) is 5.89 Å². The smallest absolute Gasteiger partial charge is 0.361 e. The SMILES string of the molecule is Cc1oc(-c2ccccc2)nc1C(=O)OCC(=O)NCc1ccco1. The van der Waals surface area contributed by atoms with E-state index in [0.29, 0.717) is 17.4 Å². The van der Waals surface area contributed by atoms with Crippen molar-refractivity contribution in [1.82, 2.24) is 10.3 Å². The van der Waals surface area contributed by atoms with Crippen molar-refractivity contribution in [1.29, 1.82) is 0 Å². The molecule has 128 valence electrons. The second-order valence-corrected chi connectivity index (χ2v) is 5.22. The molecule has 0 spiro atoms. The summed E-state index contributed by atoms with van der Waals surface area (Å²) in [5.41, 5.74) is 0.804. The largest absolute Gasteiger partial charge is 0.467 e. The van der Waals surface area contributed by atoms with Gasteiger partial charge in [0.25, 0.3) is 5.91 Å². The molecular formula is C18H16N2O5. The van der Waals surface area contributed by atoms with Gasteiger partial charge in [0.05, 0.1) is 12.8 Å². The first-order valence-corrected chi connectivity index (χ1v) is 7.62. The number of nitrogens with zero attached hydrogens (tertiary/aromatic N) is 1. The molecule has 0 saturated carbocycles. The van der Waals surface area contributed by atoms with E-state index in [4.69, 9.17) is 13.6 Å². The van der Waals surface area contributed by atoms with E-state index in [-0.39, 0.29) is 12.2 Å². The predicted octanol–water partition coefficient (Wildman–Crippen LogP) is 2.72. The predicted molar refractivity (Wildman–Crippen MR) is 87.5 cm³/mol. The van der Waals surface area contributed by atoms with E-state index in [1.54, 1.807) is 19.1 Å². The highest BCUT2D eigenvalue weighted by Gasteiger charge is 2.20. The van der Waals surface area contributed by atoms with Crippen LogP contribution in [0.2, 0.25) is 0 Å². The van der Waals surface area contributed by atoms with E-state index in [2.05, 4.69) is 10.3 Å². The summed E-state index contributed by atoms with van der Waals surface area (Å²) in [6.07, 6.45) is 1.51. The van der Waals surface area contributed by atoms with Crippen LogP contribution in [0, 0.1) is 6.92 Å². The number of esters is 1. The van der Waals surface area contributed by atoms with Crippen LogP contribution in [0.15, 0.2) is 57.6 Å². The molecule has 0 unspecified atom stereocenters. The maximum absolute atomic E-state index is 12.1. The second-order valence-electron chi connectivity index (χ2n) is 5.22. The number of oxazole rings is 1. The molecule has 1 aromatic carbocycles. The Morgan fingerprint density at radius 2 is 1.96 bits per heavy atom.